The monoisotopic (exact) mass is 228 g/mol. The van der Waals surface area contributed by atoms with Crippen molar-refractivity contribution in [3.05, 3.63) is 0 Å². The third-order valence-electron chi connectivity index (χ3n) is 3.10. The molecule has 1 aliphatic carbocycles. The summed E-state index contributed by atoms with van der Waals surface area (Å²) < 4.78 is 0. The average Bonchev–Trinajstić information content (AvgIpc) is 2.73. The van der Waals surface area contributed by atoms with E-state index in [9.17, 15) is 9.59 Å². The van der Waals surface area contributed by atoms with Crippen LogP contribution in [0.3, 0.4) is 0 Å². The number of carbonyl (C=O) groups is 2. The van der Waals surface area contributed by atoms with E-state index in [1.807, 2.05) is 0 Å². The van der Waals surface area contributed by atoms with E-state index in [1.165, 1.54) is 0 Å². The minimum atomic E-state index is -0.848. The summed E-state index contributed by atoms with van der Waals surface area (Å²) in [5.41, 5.74) is 5.34. The van der Waals surface area contributed by atoms with Gasteiger partial charge < -0.3 is 16.2 Å². The lowest BCUT2D eigenvalue weighted by Gasteiger charge is -2.15. The quantitative estimate of drug-likeness (QED) is 0.572. The molecule has 0 spiro atoms. The highest BCUT2D eigenvalue weighted by molar-refractivity contribution is 5.85. The van der Waals surface area contributed by atoms with E-state index in [-0.39, 0.29) is 11.8 Å². The highest BCUT2D eigenvalue weighted by Gasteiger charge is 2.37. The summed E-state index contributed by atoms with van der Waals surface area (Å²) in [4.78, 5) is 22.6. The molecule has 0 unspecified atom stereocenters. The van der Waals surface area contributed by atoms with Gasteiger partial charge in [-0.05, 0) is 32.2 Å². The van der Waals surface area contributed by atoms with Crippen molar-refractivity contribution in [3.8, 4) is 0 Å². The van der Waals surface area contributed by atoms with Crippen LogP contribution in [0.4, 0.5) is 0 Å². The molecule has 1 amide bonds. The molecule has 4 N–H and O–H groups in total. The lowest BCUT2D eigenvalue weighted by molar-refractivity contribution is -0.146. The van der Waals surface area contributed by atoms with Gasteiger partial charge in [0.15, 0.2) is 0 Å². The van der Waals surface area contributed by atoms with Gasteiger partial charge in [-0.1, -0.05) is 6.42 Å². The fraction of sp³-hybridized carbons (Fsp3) is 0.818. The number of carbonyl (C=O) groups excluding carboxylic acids is 1. The first kappa shape index (κ1) is 13.0. The van der Waals surface area contributed by atoms with Crippen LogP contribution >= 0.6 is 0 Å². The third kappa shape index (κ3) is 3.48. The van der Waals surface area contributed by atoms with Gasteiger partial charge in [-0.2, -0.15) is 0 Å². The molecule has 0 radical (unpaired) electrons. The Morgan fingerprint density at radius 3 is 2.56 bits per heavy atom. The Kier molecular flexibility index (Phi) is 5.25. The molecule has 0 heterocycles. The van der Waals surface area contributed by atoms with Crippen LogP contribution in [0.5, 0.6) is 0 Å². The van der Waals surface area contributed by atoms with Crippen LogP contribution in [0.25, 0.3) is 0 Å². The van der Waals surface area contributed by atoms with Gasteiger partial charge >= 0.3 is 5.97 Å². The van der Waals surface area contributed by atoms with Gasteiger partial charge in [-0.3, -0.25) is 9.59 Å². The summed E-state index contributed by atoms with van der Waals surface area (Å²) in [6, 6.07) is 0. The molecule has 5 nitrogen and oxygen atoms in total. The van der Waals surface area contributed by atoms with Gasteiger partial charge in [-0.25, -0.2) is 0 Å². The predicted octanol–water partition coefficient (Wildman–Crippen LogP) is 0.342. The number of amides is 1. The molecule has 0 bridgehead atoms. The number of nitrogens with one attached hydrogen (secondary N) is 1. The Morgan fingerprint density at radius 2 is 1.94 bits per heavy atom. The van der Waals surface area contributed by atoms with E-state index in [2.05, 4.69) is 5.32 Å². The lowest BCUT2D eigenvalue weighted by atomic mass is 9.95. The number of nitrogens with two attached hydrogens (primary N) is 1. The van der Waals surface area contributed by atoms with Crippen LogP contribution in [-0.4, -0.2) is 30.1 Å². The van der Waals surface area contributed by atoms with Crippen molar-refractivity contribution in [2.45, 2.75) is 32.1 Å². The van der Waals surface area contributed by atoms with E-state index < -0.39 is 11.9 Å². The van der Waals surface area contributed by atoms with E-state index in [0.717, 1.165) is 19.3 Å². The second-order valence-electron chi connectivity index (χ2n) is 4.27. The highest BCUT2D eigenvalue weighted by Crippen LogP contribution is 2.31. The van der Waals surface area contributed by atoms with Gasteiger partial charge in [0.05, 0.1) is 11.8 Å². The Bertz CT molecular complexity index is 256. The number of aliphatic carboxylic acids is 1. The Morgan fingerprint density at radius 1 is 1.25 bits per heavy atom. The fourth-order valence-electron chi connectivity index (χ4n) is 2.18. The Labute approximate surface area is 95.4 Å². The van der Waals surface area contributed by atoms with Crippen LogP contribution in [0, 0.1) is 11.8 Å². The number of rotatable bonds is 6. The number of carboxylic acid groups (broad SMARTS) is 1. The fourth-order valence-corrected chi connectivity index (χ4v) is 2.18. The van der Waals surface area contributed by atoms with E-state index in [0.29, 0.717) is 25.9 Å². The summed E-state index contributed by atoms with van der Waals surface area (Å²) >= 11 is 0. The minimum absolute atomic E-state index is 0.109. The van der Waals surface area contributed by atoms with Gasteiger partial charge in [0.1, 0.15) is 0 Å². The second kappa shape index (κ2) is 6.48. The van der Waals surface area contributed by atoms with Gasteiger partial charge in [0, 0.05) is 6.54 Å². The van der Waals surface area contributed by atoms with Crippen molar-refractivity contribution in [1.29, 1.82) is 0 Å². The van der Waals surface area contributed by atoms with Crippen molar-refractivity contribution < 1.29 is 14.7 Å². The Hall–Kier alpha value is -1.10. The molecular formula is C11H20N2O3. The largest absolute Gasteiger partial charge is 0.481 e. The molecule has 0 aromatic rings. The van der Waals surface area contributed by atoms with E-state index >= 15 is 0 Å². The van der Waals surface area contributed by atoms with Gasteiger partial charge in [-0.15, -0.1) is 0 Å². The predicted molar refractivity (Wildman–Crippen MR) is 59.8 cm³/mol. The maximum absolute atomic E-state index is 11.7. The zero-order chi connectivity index (χ0) is 12.0. The summed E-state index contributed by atoms with van der Waals surface area (Å²) in [5.74, 6) is -1.79. The molecule has 92 valence electrons. The molecular weight excluding hydrogens is 208 g/mol. The molecule has 2 atom stereocenters. The van der Waals surface area contributed by atoms with Gasteiger partial charge in [0.25, 0.3) is 0 Å². The van der Waals surface area contributed by atoms with Crippen molar-refractivity contribution in [2.75, 3.05) is 13.1 Å². The molecule has 1 saturated carbocycles. The summed E-state index contributed by atoms with van der Waals surface area (Å²) in [6.07, 6.45) is 3.88. The molecule has 1 aliphatic rings. The summed E-state index contributed by atoms with van der Waals surface area (Å²) in [5, 5.41) is 11.7. The van der Waals surface area contributed by atoms with Crippen LogP contribution < -0.4 is 11.1 Å². The van der Waals surface area contributed by atoms with Crippen molar-refractivity contribution in [2.24, 2.45) is 17.6 Å². The minimum Gasteiger partial charge on any atom is -0.481 e. The van der Waals surface area contributed by atoms with E-state index in [1.54, 1.807) is 0 Å². The lowest BCUT2D eigenvalue weighted by Crippen LogP contribution is -2.35. The molecule has 5 heteroatoms. The maximum atomic E-state index is 11.7. The molecule has 0 aromatic carbocycles. The first-order valence-electron chi connectivity index (χ1n) is 5.87. The van der Waals surface area contributed by atoms with Crippen LogP contribution in [0.1, 0.15) is 32.1 Å². The summed E-state index contributed by atoms with van der Waals surface area (Å²) in [7, 11) is 0. The third-order valence-corrected chi connectivity index (χ3v) is 3.10. The second-order valence-corrected chi connectivity index (χ2v) is 4.27. The molecule has 0 aliphatic heterocycles. The standard InChI is InChI=1S/C11H20N2O3/c12-6-1-2-7-13-10(14)8-4-3-5-9(8)11(15)16/h8-9H,1-7,12H2,(H,13,14)(H,15,16)/t8-,9+/m1/s1. The summed E-state index contributed by atoms with van der Waals surface area (Å²) in [6.45, 7) is 1.22. The van der Waals surface area contributed by atoms with Crippen molar-refractivity contribution in [3.63, 3.8) is 0 Å². The zero-order valence-corrected chi connectivity index (χ0v) is 9.45. The van der Waals surface area contributed by atoms with Gasteiger partial charge in [0.2, 0.25) is 5.91 Å². The highest BCUT2D eigenvalue weighted by atomic mass is 16.4. The van der Waals surface area contributed by atoms with Crippen molar-refractivity contribution in [1.82, 2.24) is 5.32 Å². The molecule has 16 heavy (non-hydrogen) atoms. The zero-order valence-electron chi connectivity index (χ0n) is 9.45. The average molecular weight is 228 g/mol. The topological polar surface area (TPSA) is 92.4 Å². The first-order valence-corrected chi connectivity index (χ1v) is 5.87. The van der Waals surface area contributed by atoms with Crippen LogP contribution in [-0.2, 0) is 9.59 Å². The SMILES string of the molecule is NCCCCNC(=O)[C@@H]1CCC[C@@H]1C(=O)O. The normalized spacial score (nSPS) is 24.3. The van der Waals surface area contributed by atoms with Crippen LogP contribution in [0.2, 0.25) is 0 Å². The molecule has 0 aromatic heterocycles. The molecule has 0 saturated heterocycles. The Balaban J connectivity index is 2.32. The number of hydrogen-bond donors (Lipinski definition) is 3. The maximum Gasteiger partial charge on any atom is 0.307 e. The first-order chi connectivity index (χ1) is 7.66. The molecule has 1 rings (SSSR count). The number of unbranched alkanes of at least 4 members (excludes halogenated alkanes) is 1. The smallest absolute Gasteiger partial charge is 0.307 e. The molecule has 1 fully saturated rings. The van der Waals surface area contributed by atoms with E-state index in [4.69, 9.17) is 10.8 Å². The number of hydrogen-bond acceptors (Lipinski definition) is 3. The van der Waals surface area contributed by atoms with Crippen LogP contribution in [0.15, 0.2) is 0 Å². The van der Waals surface area contributed by atoms with Crippen molar-refractivity contribution >= 4 is 11.9 Å². The number of carboxylic acids is 1.